The monoisotopic (exact) mass is 366 g/mol. The van der Waals surface area contributed by atoms with Crippen LogP contribution in [-0.4, -0.2) is 29.2 Å². The number of amides is 1. The minimum atomic E-state index is -0.934. The summed E-state index contributed by atoms with van der Waals surface area (Å²) in [5, 5.41) is 5.35. The van der Waals surface area contributed by atoms with E-state index in [0.29, 0.717) is 16.3 Å². The van der Waals surface area contributed by atoms with Crippen LogP contribution in [0.25, 0.3) is 10.8 Å². The van der Waals surface area contributed by atoms with Crippen molar-refractivity contribution in [3.63, 3.8) is 0 Å². The van der Waals surface area contributed by atoms with Crippen molar-refractivity contribution in [1.82, 2.24) is 4.98 Å². The zero-order valence-electron chi connectivity index (χ0n) is 14.4. The van der Waals surface area contributed by atoms with Gasteiger partial charge in [-0.1, -0.05) is 36.4 Å². The molecule has 0 bridgehead atoms. The molecule has 6 heteroatoms. The van der Waals surface area contributed by atoms with Gasteiger partial charge in [0.2, 0.25) is 0 Å². The van der Waals surface area contributed by atoms with Crippen LogP contribution in [0.2, 0.25) is 0 Å². The van der Waals surface area contributed by atoms with Gasteiger partial charge in [0.25, 0.3) is 5.91 Å². The second kappa shape index (κ2) is 8.01. The highest BCUT2D eigenvalue weighted by Gasteiger charge is 2.21. The number of carbonyl (C=O) groups excluding carboxylic acids is 2. The first-order valence-corrected chi connectivity index (χ1v) is 9.31. The van der Waals surface area contributed by atoms with Gasteiger partial charge in [-0.05, 0) is 36.8 Å². The molecule has 0 aliphatic carbocycles. The molecule has 0 aliphatic rings. The second-order valence-electron chi connectivity index (χ2n) is 5.62. The van der Waals surface area contributed by atoms with Gasteiger partial charge < -0.3 is 10.1 Å². The van der Waals surface area contributed by atoms with E-state index in [-0.39, 0.29) is 5.91 Å². The molecule has 1 aromatic heterocycles. The number of benzene rings is 2. The van der Waals surface area contributed by atoms with Crippen LogP contribution in [0, 0.1) is 0 Å². The number of nitrogens with one attached hydrogen (secondary N) is 1. The Morgan fingerprint density at radius 3 is 2.65 bits per heavy atom. The number of esters is 1. The Bertz CT molecular complexity index is 953. The van der Waals surface area contributed by atoms with E-state index in [0.717, 1.165) is 10.8 Å². The summed E-state index contributed by atoms with van der Waals surface area (Å²) in [5.41, 5.74) is 1.03. The van der Waals surface area contributed by atoms with Gasteiger partial charge in [-0.25, -0.2) is 9.78 Å². The highest BCUT2D eigenvalue weighted by Crippen LogP contribution is 2.23. The molecule has 0 aliphatic heterocycles. The Kier molecular flexibility index (Phi) is 5.53. The molecule has 3 aromatic rings. The molecular weight excluding hydrogens is 348 g/mol. The zero-order chi connectivity index (χ0) is 18.5. The van der Waals surface area contributed by atoms with Crippen LogP contribution in [-0.2, 0) is 9.53 Å². The van der Waals surface area contributed by atoms with Crippen LogP contribution < -0.4 is 5.32 Å². The summed E-state index contributed by atoms with van der Waals surface area (Å²) in [4.78, 5) is 29.0. The molecule has 0 saturated heterocycles. The van der Waals surface area contributed by atoms with Gasteiger partial charge in [-0.2, -0.15) is 0 Å². The van der Waals surface area contributed by atoms with Gasteiger partial charge in [-0.3, -0.25) is 4.79 Å². The number of carbonyl (C=O) groups is 2. The summed E-state index contributed by atoms with van der Waals surface area (Å²) >= 11 is 1.35. The molecule has 1 atom stereocenters. The first-order valence-electron chi connectivity index (χ1n) is 8.08. The number of thioether (sulfide) groups is 1. The fraction of sp³-hybridized carbons (Fsp3) is 0.150. The zero-order valence-corrected chi connectivity index (χ0v) is 15.2. The minimum absolute atomic E-state index is 0.352. The summed E-state index contributed by atoms with van der Waals surface area (Å²) < 4.78 is 5.32. The maximum Gasteiger partial charge on any atom is 0.341 e. The molecule has 0 spiro atoms. The Labute approximate surface area is 155 Å². The van der Waals surface area contributed by atoms with Crippen molar-refractivity contribution < 1.29 is 14.3 Å². The number of aromatic nitrogens is 1. The molecule has 0 fully saturated rings. The van der Waals surface area contributed by atoms with Crippen molar-refractivity contribution in [3.8, 4) is 0 Å². The molecule has 3 rings (SSSR count). The van der Waals surface area contributed by atoms with E-state index >= 15 is 0 Å². The minimum Gasteiger partial charge on any atom is -0.449 e. The number of pyridine rings is 1. The lowest BCUT2D eigenvalue weighted by molar-refractivity contribution is -0.123. The fourth-order valence-corrected chi connectivity index (χ4v) is 3.09. The van der Waals surface area contributed by atoms with Crippen LogP contribution in [0.4, 0.5) is 5.69 Å². The first-order chi connectivity index (χ1) is 12.6. The lowest BCUT2D eigenvalue weighted by Gasteiger charge is -2.15. The smallest absolute Gasteiger partial charge is 0.341 e. The van der Waals surface area contributed by atoms with E-state index in [1.165, 1.54) is 11.8 Å². The van der Waals surface area contributed by atoms with E-state index in [9.17, 15) is 9.59 Å². The third-order valence-corrected chi connectivity index (χ3v) is 4.60. The van der Waals surface area contributed by atoms with Gasteiger partial charge in [-0.15, -0.1) is 11.8 Å². The number of ether oxygens (including phenoxy) is 1. The third-order valence-electron chi connectivity index (χ3n) is 3.88. The van der Waals surface area contributed by atoms with E-state index in [4.69, 9.17) is 4.74 Å². The SMILES string of the molecule is CSc1ncccc1C(=O)O[C@@H](C)C(=O)Nc1cccc2ccccc12. The van der Waals surface area contributed by atoms with Crippen molar-refractivity contribution in [1.29, 1.82) is 0 Å². The Morgan fingerprint density at radius 1 is 1.08 bits per heavy atom. The summed E-state index contributed by atoms with van der Waals surface area (Å²) in [6.07, 6.45) is 2.51. The predicted octanol–water partition coefficient (Wildman–Crippen LogP) is 4.14. The fourth-order valence-electron chi connectivity index (χ4n) is 2.56. The molecular formula is C20H18N2O3S. The number of rotatable bonds is 5. The summed E-state index contributed by atoms with van der Waals surface area (Å²) in [6.45, 7) is 1.55. The molecule has 5 nitrogen and oxygen atoms in total. The highest BCUT2D eigenvalue weighted by molar-refractivity contribution is 7.98. The molecule has 0 radical (unpaired) electrons. The number of fused-ring (bicyclic) bond motifs is 1. The molecule has 132 valence electrons. The molecule has 0 unspecified atom stereocenters. The summed E-state index contributed by atoms with van der Waals surface area (Å²) in [5.74, 6) is -0.952. The molecule has 0 saturated carbocycles. The van der Waals surface area contributed by atoms with E-state index < -0.39 is 12.1 Å². The van der Waals surface area contributed by atoms with E-state index in [2.05, 4.69) is 10.3 Å². The summed E-state index contributed by atoms with van der Waals surface area (Å²) in [6, 6.07) is 16.7. The van der Waals surface area contributed by atoms with Crippen molar-refractivity contribution >= 4 is 40.1 Å². The maximum absolute atomic E-state index is 12.5. The molecule has 2 aromatic carbocycles. The van der Waals surface area contributed by atoms with E-state index in [1.807, 2.05) is 48.7 Å². The number of anilines is 1. The molecule has 1 N–H and O–H groups in total. The molecule has 26 heavy (non-hydrogen) atoms. The van der Waals surface area contributed by atoms with Crippen molar-refractivity contribution in [2.45, 2.75) is 18.1 Å². The van der Waals surface area contributed by atoms with Crippen LogP contribution in [0.15, 0.2) is 65.8 Å². The lowest BCUT2D eigenvalue weighted by atomic mass is 10.1. The predicted molar refractivity (Wildman–Crippen MR) is 103 cm³/mol. The third kappa shape index (κ3) is 3.86. The van der Waals surface area contributed by atoms with Crippen molar-refractivity contribution in [2.24, 2.45) is 0 Å². The quantitative estimate of drug-likeness (QED) is 0.543. The van der Waals surface area contributed by atoms with Crippen LogP contribution in [0.5, 0.6) is 0 Å². The largest absolute Gasteiger partial charge is 0.449 e. The summed E-state index contributed by atoms with van der Waals surface area (Å²) in [7, 11) is 0. The van der Waals surface area contributed by atoms with Crippen LogP contribution in [0.1, 0.15) is 17.3 Å². The second-order valence-corrected chi connectivity index (χ2v) is 6.42. The van der Waals surface area contributed by atoms with Gasteiger partial charge in [0.05, 0.1) is 5.56 Å². The average Bonchev–Trinajstić information content (AvgIpc) is 2.68. The van der Waals surface area contributed by atoms with Crippen molar-refractivity contribution in [3.05, 3.63) is 66.4 Å². The lowest BCUT2D eigenvalue weighted by Crippen LogP contribution is -2.30. The number of hydrogen-bond donors (Lipinski definition) is 1. The maximum atomic E-state index is 12.5. The molecule has 1 amide bonds. The standard InChI is InChI=1S/C20H18N2O3S/c1-13(25-20(24)16-10-6-12-21-19(16)26-2)18(23)22-17-11-5-8-14-7-3-4-9-15(14)17/h3-13H,1-2H3,(H,22,23)/t13-/m0/s1. The van der Waals surface area contributed by atoms with Gasteiger partial charge in [0, 0.05) is 17.3 Å². The topological polar surface area (TPSA) is 68.3 Å². The molecule has 1 heterocycles. The van der Waals surface area contributed by atoms with Crippen LogP contribution in [0.3, 0.4) is 0 Å². The normalized spacial score (nSPS) is 11.8. The highest BCUT2D eigenvalue weighted by atomic mass is 32.2. The Balaban J connectivity index is 1.72. The van der Waals surface area contributed by atoms with Gasteiger partial charge in [0.15, 0.2) is 6.10 Å². The Morgan fingerprint density at radius 2 is 1.85 bits per heavy atom. The van der Waals surface area contributed by atoms with E-state index in [1.54, 1.807) is 25.3 Å². The van der Waals surface area contributed by atoms with Crippen molar-refractivity contribution in [2.75, 3.05) is 11.6 Å². The van der Waals surface area contributed by atoms with Gasteiger partial charge in [0.1, 0.15) is 5.03 Å². The van der Waals surface area contributed by atoms with Gasteiger partial charge >= 0.3 is 5.97 Å². The Hall–Kier alpha value is -2.86. The van der Waals surface area contributed by atoms with Crippen LogP contribution >= 0.6 is 11.8 Å². The number of hydrogen-bond acceptors (Lipinski definition) is 5. The number of nitrogens with zero attached hydrogens (tertiary/aromatic N) is 1. The average molecular weight is 366 g/mol. The first kappa shape index (κ1) is 17.9.